The molecule has 2 aromatic carbocycles. The van der Waals surface area contributed by atoms with Gasteiger partial charge in [0.25, 0.3) is 11.4 Å². The highest BCUT2D eigenvalue weighted by molar-refractivity contribution is 5.50. The summed E-state index contributed by atoms with van der Waals surface area (Å²) in [5, 5.41) is 22.0. The molecule has 0 spiro atoms. The molecular weight excluding hydrogens is 390 g/mol. The van der Waals surface area contributed by atoms with E-state index in [4.69, 9.17) is 9.47 Å². The number of nitrogens with zero attached hydrogens (tertiary/aromatic N) is 3. The first-order valence-corrected chi connectivity index (χ1v) is 9.21. The van der Waals surface area contributed by atoms with Crippen LogP contribution in [0.5, 0.6) is 5.75 Å². The predicted octanol–water partition coefficient (Wildman–Crippen LogP) is 3.30. The maximum absolute atomic E-state index is 11.2. The molecule has 0 saturated carbocycles. The molecule has 152 valence electrons. The first-order valence-electron chi connectivity index (χ1n) is 9.21. The number of pyridine rings is 1. The van der Waals surface area contributed by atoms with Crippen LogP contribution >= 0.6 is 0 Å². The highest BCUT2D eigenvalue weighted by Gasteiger charge is 2.23. The van der Waals surface area contributed by atoms with Crippen molar-refractivity contribution in [2.75, 3.05) is 6.79 Å². The van der Waals surface area contributed by atoms with Gasteiger partial charge in [0, 0.05) is 42.0 Å². The lowest BCUT2D eigenvalue weighted by Crippen LogP contribution is -2.34. The lowest BCUT2D eigenvalue weighted by molar-refractivity contribution is -0.688. The summed E-state index contributed by atoms with van der Waals surface area (Å²) in [6.07, 6.45) is 4.43. The molecule has 0 N–H and O–H groups in total. The van der Waals surface area contributed by atoms with Crippen molar-refractivity contribution in [1.82, 2.24) is 0 Å². The molecule has 30 heavy (non-hydrogen) atoms. The van der Waals surface area contributed by atoms with Crippen LogP contribution in [-0.2, 0) is 24.3 Å². The smallest absolute Gasteiger partial charge is 0.270 e. The summed E-state index contributed by atoms with van der Waals surface area (Å²) < 4.78 is 12.7. The third-order valence-electron chi connectivity index (χ3n) is 4.85. The Hall–Kier alpha value is -3.85. The zero-order valence-electron chi connectivity index (χ0n) is 15.9. The van der Waals surface area contributed by atoms with E-state index >= 15 is 0 Å². The van der Waals surface area contributed by atoms with Crippen LogP contribution in [0.1, 0.15) is 22.3 Å². The van der Waals surface area contributed by atoms with Crippen LogP contribution in [0, 0.1) is 20.2 Å². The van der Waals surface area contributed by atoms with Gasteiger partial charge in [-0.25, -0.2) is 4.57 Å². The second-order valence-electron chi connectivity index (χ2n) is 6.94. The van der Waals surface area contributed by atoms with Gasteiger partial charge in [0.05, 0.1) is 22.0 Å². The quantitative estimate of drug-likeness (QED) is 0.352. The maximum atomic E-state index is 11.2. The van der Waals surface area contributed by atoms with Gasteiger partial charge in [0.2, 0.25) is 0 Å². The highest BCUT2D eigenvalue weighted by atomic mass is 16.7. The molecule has 0 amide bonds. The van der Waals surface area contributed by atoms with Crippen LogP contribution in [-0.4, -0.2) is 16.6 Å². The standard InChI is InChI=1S/C21H18N3O6/c25-23(26)19-3-1-15(2-4-19)9-16-5-7-22(8-6-16)12-17-10-20(24(27)28)11-18-13-29-14-30-21(17)18/h1-8,10-11H,9,12-14H2/q+1. The SMILES string of the molecule is O=[N+]([O-])c1ccc(Cc2cc[n+](Cc3cc([N+](=O)[O-])cc4c3OCOC4)cc2)cc1. The van der Waals surface area contributed by atoms with Gasteiger partial charge in [-0.05, 0) is 17.5 Å². The summed E-state index contributed by atoms with van der Waals surface area (Å²) in [5.74, 6) is 0.634. The fourth-order valence-electron chi connectivity index (χ4n) is 3.38. The van der Waals surface area contributed by atoms with Crippen molar-refractivity contribution >= 4 is 11.4 Å². The van der Waals surface area contributed by atoms with Crippen LogP contribution in [0.4, 0.5) is 11.4 Å². The van der Waals surface area contributed by atoms with Gasteiger partial charge in [-0.3, -0.25) is 20.2 Å². The molecular formula is C21H18N3O6+. The molecule has 0 saturated heterocycles. The molecule has 0 fully saturated rings. The van der Waals surface area contributed by atoms with E-state index < -0.39 is 9.85 Å². The van der Waals surface area contributed by atoms with Crippen LogP contribution < -0.4 is 9.30 Å². The van der Waals surface area contributed by atoms with Gasteiger partial charge >= 0.3 is 0 Å². The molecule has 4 rings (SSSR count). The first-order chi connectivity index (χ1) is 14.5. The van der Waals surface area contributed by atoms with Crippen molar-refractivity contribution in [2.24, 2.45) is 0 Å². The molecule has 1 aromatic heterocycles. The number of ether oxygens (including phenoxy) is 2. The van der Waals surface area contributed by atoms with E-state index in [1.807, 2.05) is 29.1 Å². The van der Waals surface area contributed by atoms with Gasteiger partial charge in [-0.1, -0.05) is 12.1 Å². The second-order valence-corrected chi connectivity index (χ2v) is 6.94. The molecule has 3 aromatic rings. The average molecular weight is 408 g/mol. The Balaban J connectivity index is 1.52. The Bertz CT molecular complexity index is 1100. The monoisotopic (exact) mass is 408 g/mol. The van der Waals surface area contributed by atoms with E-state index in [0.717, 1.165) is 16.7 Å². The molecule has 0 bridgehead atoms. The number of aromatic nitrogens is 1. The number of nitro benzene ring substituents is 2. The Labute approximate surface area is 171 Å². The van der Waals surface area contributed by atoms with Gasteiger partial charge in [0.1, 0.15) is 5.75 Å². The highest BCUT2D eigenvalue weighted by Crippen LogP contribution is 2.32. The van der Waals surface area contributed by atoms with Crippen LogP contribution in [0.3, 0.4) is 0 Å². The summed E-state index contributed by atoms with van der Waals surface area (Å²) in [6.45, 7) is 0.821. The number of benzene rings is 2. The molecule has 2 heterocycles. The normalized spacial score (nSPS) is 12.7. The fourth-order valence-corrected chi connectivity index (χ4v) is 3.38. The Morgan fingerprint density at radius 2 is 1.57 bits per heavy atom. The number of fused-ring (bicyclic) bond motifs is 1. The third-order valence-corrected chi connectivity index (χ3v) is 4.85. The summed E-state index contributed by atoms with van der Waals surface area (Å²) in [4.78, 5) is 21.2. The Morgan fingerprint density at radius 3 is 2.23 bits per heavy atom. The molecule has 0 aliphatic carbocycles. The molecule has 0 atom stereocenters. The van der Waals surface area contributed by atoms with Crippen LogP contribution in [0.15, 0.2) is 60.9 Å². The fraction of sp³-hybridized carbons (Fsp3) is 0.190. The molecule has 0 unspecified atom stereocenters. The predicted molar refractivity (Wildman–Crippen MR) is 105 cm³/mol. The van der Waals surface area contributed by atoms with Crippen molar-refractivity contribution < 1.29 is 23.9 Å². The van der Waals surface area contributed by atoms with E-state index in [2.05, 4.69) is 0 Å². The Morgan fingerprint density at radius 1 is 0.900 bits per heavy atom. The van der Waals surface area contributed by atoms with E-state index in [1.54, 1.807) is 12.1 Å². The summed E-state index contributed by atoms with van der Waals surface area (Å²) in [7, 11) is 0. The van der Waals surface area contributed by atoms with E-state index in [-0.39, 0.29) is 24.8 Å². The largest absolute Gasteiger partial charge is 0.467 e. The summed E-state index contributed by atoms with van der Waals surface area (Å²) >= 11 is 0. The van der Waals surface area contributed by atoms with Crippen molar-refractivity contribution in [3.8, 4) is 5.75 Å². The van der Waals surface area contributed by atoms with Gasteiger partial charge < -0.3 is 9.47 Å². The molecule has 9 heteroatoms. The van der Waals surface area contributed by atoms with Crippen molar-refractivity contribution in [3.05, 3.63) is 103 Å². The number of hydrogen-bond donors (Lipinski definition) is 0. The number of rotatable bonds is 6. The molecule has 1 aliphatic heterocycles. The molecule has 0 radical (unpaired) electrons. The summed E-state index contributed by atoms with van der Waals surface area (Å²) in [5.41, 5.74) is 3.48. The van der Waals surface area contributed by atoms with Crippen LogP contribution in [0.25, 0.3) is 0 Å². The molecule has 1 aliphatic rings. The zero-order chi connectivity index (χ0) is 21.1. The lowest BCUT2D eigenvalue weighted by atomic mass is 10.1. The first kappa shape index (κ1) is 19.5. The lowest BCUT2D eigenvalue weighted by Gasteiger charge is -2.19. The zero-order valence-corrected chi connectivity index (χ0v) is 15.9. The topological polar surface area (TPSA) is 109 Å². The number of nitro groups is 2. The molecule has 9 nitrogen and oxygen atoms in total. The van der Waals surface area contributed by atoms with Crippen molar-refractivity contribution in [2.45, 2.75) is 19.6 Å². The summed E-state index contributed by atoms with van der Waals surface area (Å²) in [6, 6.07) is 13.4. The maximum Gasteiger partial charge on any atom is 0.270 e. The van der Waals surface area contributed by atoms with Crippen LogP contribution in [0.2, 0.25) is 0 Å². The van der Waals surface area contributed by atoms with Gasteiger partial charge in [-0.15, -0.1) is 0 Å². The van der Waals surface area contributed by atoms with Gasteiger partial charge in [0.15, 0.2) is 25.7 Å². The number of non-ortho nitro benzene ring substituents is 2. The van der Waals surface area contributed by atoms with Crippen molar-refractivity contribution in [3.63, 3.8) is 0 Å². The second kappa shape index (κ2) is 8.26. The van der Waals surface area contributed by atoms with Gasteiger partial charge in [-0.2, -0.15) is 0 Å². The van der Waals surface area contributed by atoms with E-state index in [1.165, 1.54) is 24.3 Å². The average Bonchev–Trinajstić information content (AvgIpc) is 2.75. The van der Waals surface area contributed by atoms with E-state index in [0.29, 0.717) is 24.3 Å². The third kappa shape index (κ3) is 4.26. The number of hydrogen-bond acceptors (Lipinski definition) is 6. The minimum atomic E-state index is -0.420. The van der Waals surface area contributed by atoms with E-state index in [9.17, 15) is 20.2 Å². The minimum absolute atomic E-state index is 0.00763. The Kier molecular flexibility index (Phi) is 5.36. The van der Waals surface area contributed by atoms with Crippen molar-refractivity contribution in [1.29, 1.82) is 0 Å². The minimum Gasteiger partial charge on any atom is -0.467 e.